The summed E-state index contributed by atoms with van der Waals surface area (Å²) >= 11 is 0. The highest BCUT2D eigenvalue weighted by atomic mass is 16.3. The Bertz CT molecular complexity index is 617. The number of rotatable bonds is 1. The highest BCUT2D eigenvalue weighted by molar-refractivity contribution is 5.66. The monoisotopic (exact) mass is 298 g/mol. The van der Waals surface area contributed by atoms with Crippen LogP contribution in [0.4, 0.5) is 5.69 Å². The van der Waals surface area contributed by atoms with Crippen LogP contribution in [0.15, 0.2) is 24.3 Å². The van der Waals surface area contributed by atoms with E-state index in [4.69, 9.17) is 0 Å². The van der Waals surface area contributed by atoms with Gasteiger partial charge in [0.1, 0.15) is 0 Å². The van der Waals surface area contributed by atoms with Gasteiger partial charge in [0.2, 0.25) is 0 Å². The number of aliphatic hydroxyl groups is 1. The fourth-order valence-corrected chi connectivity index (χ4v) is 6.53. The molecule has 3 aliphatic heterocycles. The molecule has 3 heterocycles. The lowest BCUT2D eigenvalue weighted by molar-refractivity contribution is -0.113. The lowest BCUT2D eigenvalue weighted by atomic mass is 9.58. The third kappa shape index (κ3) is 1.36. The van der Waals surface area contributed by atoms with E-state index < -0.39 is 5.60 Å². The van der Waals surface area contributed by atoms with E-state index in [2.05, 4.69) is 41.0 Å². The number of para-hydroxylation sites is 1. The predicted octanol–water partition coefficient (Wildman–Crippen LogP) is 2.53. The van der Waals surface area contributed by atoms with Gasteiger partial charge in [0.25, 0.3) is 0 Å². The fraction of sp³-hybridized carbons (Fsp3) is 0.684. The molecule has 118 valence electrons. The molecular formula is C19H26N2O. The van der Waals surface area contributed by atoms with Gasteiger partial charge in [-0.05, 0) is 63.7 Å². The summed E-state index contributed by atoms with van der Waals surface area (Å²) in [5.74, 6) is 0. The zero-order valence-electron chi connectivity index (χ0n) is 13.5. The first kappa shape index (κ1) is 13.4. The minimum Gasteiger partial charge on any atom is -0.388 e. The van der Waals surface area contributed by atoms with Gasteiger partial charge in [-0.2, -0.15) is 0 Å². The second-order valence-corrected chi connectivity index (χ2v) is 7.79. The molecule has 1 saturated carbocycles. The molecule has 4 aliphatic rings. The second-order valence-electron chi connectivity index (χ2n) is 7.79. The highest BCUT2D eigenvalue weighted by Crippen LogP contribution is 2.61. The van der Waals surface area contributed by atoms with Crippen LogP contribution in [-0.4, -0.2) is 47.3 Å². The number of benzene rings is 1. The summed E-state index contributed by atoms with van der Waals surface area (Å²) in [5.41, 5.74) is 2.67. The van der Waals surface area contributed by atoms with Crippen molar-refractivity contribution in [3.05, 3.63) is 29.8 Å². The average molecular weight is 298 g/mol. The van der Waals surface area contributed by atoms with E-state index >= 15 is 0 Å². The Kier molecular flexibility index (Phi) is 2.60. The summed E-state index contributed by atoms with van der Waals surface area (Å²) in [6, 6.07) is 9.95. The first-order chi connectivity index (χ1) is 10.7. The number of piperidine rings is 1. The molecule has 3 nitrogen and oxygen atoms in total. The molecule has 0 amide bonds. The number of likely N-dealkylation sites (N-methyl/N-ethyl adjacent to an activating group) is 1. The molecule has 2 saturated heterocycles. The SMILES string of the molecule is CCN1c2ccccc2C23CCN4CCCC(O)(CCC12)C43. The predicted molar refractivity (Wildman–Crippen MR) is 88.3 cm³/mol. The average Bonchev–Trinajstić information content (AvgIpc) is 3.06. The Labute approximate surface area is 132 Å². The normalized spacial score (nSPS) is 42.9. The van der Waals surface area contributed by atoms with E-state index in [0.717, 1.165) is 38.8 Å². The maximum atomic E-state index is 11.4. The Balaban J connectivity index is 1.74. The number of hydrogen-bond donors (Lipinski definition) is 1. The van der Waals surface area contributed by atoms with Crippen molar-refractivity contribution >= 4 is 5.69 Å². The fourth-order valence-electron chi connectivity index (χ4n) is 6.53. The molecule has 4 unspecified atom stereocenters. The first-order valence-electron chi connectivity index (χ1n) is 9.03. The van der Waals surface area contributed by atoms with Crippen LogP contribution in [0, 0.1) is 0 Å². The van der Waals surface area contributed by atoms with Crippen molar-refractivity contribution in [2.45, 2.75) is 62.1 Å². The van der Waals surface area contributed by atoms with Crippen LogP contribution in [-0.2, 0) is 5.41 Å². The van der Waals surface area contributed by atoms with E-state index in [9.17, 15) is 5.11 Å². The molecule has 1 spiro atoms. The summed E-state index contributed by atoms with van der Waals surface area (Å²) in [6.07, 6.45) is 5.50. The molecule has 1 N–H and O–H groups in total. The maximum absolute atomic E-state index is 11.4. The van der Waals surface area contributed by atoms with Crippen molar-refractivity contribution in [1.82, 2.24) is 4.90 Å². The number of nitrogens with zero attached hydrogens (tertiary/aromatic N) is 2. The van der Waals surface area contributed by atoms with Gasteiger partial charge in [0.15, 0.2) is 0 Å². The first-order valence-corrected chi connectivity index (χ1v) is 9.03. The smallest absolute Gasteiger partial charge is 0.0813 e. The molecule has 22 heavy (non-hydrogen) atoms. The maximum Gasteiger partial charge on any atom is 0.0813 e. The van der Waals surface area contributed by atoms with Crippen molar-refractivity contribution in [3.8, 4) is 0 Å². The van der Waals surface area contributed by atoms with Gasteiger partial charge in [-0.1, -0.05) is 18.2 Å². The summed E-state index contributed by atoms with van der Waals surface area (Å²) in [4.78, 5) is 5.25. The Morgan fingerprint density at radius 1 is 1.18 bits per heavy atom. The molecule has 1 aromatic carbocycles. The Morgan fingerprint density at radius 3 is 2.91 bits per heavy atom. The van der Waals surface area contributed by atoms with Crippen LogP contribution in [0.1, 0.15) is 44.6 Å². The van der Waals surface area contributed by atoms with Crippen LogP contribution in [0.5, 0.6) is 0 Å². The van der Waals surface area contributed by atoms with Gasteiger partial charge in [-0.25, -0.2) is 0 Å². The van der Waals surface area contributed by atoms with E-state index in [-0.39, 0.29) is 5.41 Å². The van der Waals surface area contributed by atoms with Crippen LogP contribution < -0.4 is 4.90 Å². The highest BCUT2D eigenvalue weighted by Gasteiger charge is 2.67. The number of hydrogen-bond acceptors (Lipinski definition) is 3. The van der Waals surface area contributed by atoms with Crippen molar-refractivity contribution in [1.29, 1.82) is 0 Å². The minimum absolute atomic E-state index is 0.167. The largest absolute Gasteiger partial charge is 0.388 e. The van der Waals surface area contributed by atoms with Gasteiger partial charge < -0.3 is 10.0 Å². The van der Waals surface area contributed by atoms with Crippen LogP contribution >= 0.6 is 0 Å². The molecule has 1 aliphatic carbocycles. The summed E-state index contributed by atoms with van der Waals surface area (Å²) in [7, 11) is 0. The molecule has 3 heteroatoms. The minimum atomic E-state index is -0.456. The second kappa shape index (κ2) is 4.27. The lowest BCUT2D eigenvalue weighted by Crippen LogP contribution is -2.68. The zero-order valence-corrected chi connectivity index (χ0v) is 13.5. The molecular weight excluding hydrogens is 272 g/mol. The molecule has 0 bridgehead atoms. The van der Waals surface area contributed by atoms with Crippen LogP contribution in [0.2, 0.25) is 0 Å². The quantitative estimate of drug-likeness (QED) is 0.863. The third-order valence-electron chi connectivity index (χ3n) is 7.11. The molecule has 0 radical (unpaired) electrons. The molecule has 3 fully saturated rings. The van der Waals surface area contributed by atoms with Gasteiger partial charge in [0, 0.05) is 23.7 Å². The van der Waals surface area contributed by atoms with Gasteiger partial charge in [-0.15, -0.1) is 0 Å². The van der Waals surface area contributed by atoms with Gasteiger partial charge in [-0.3, -0.25) is 4.90 Å². The molecule has 1 aromatic rings. The molecule has 0 aromatic heterocycles. The van der Waals surface area contributed by atoms with E-state index in [0.29, 0.717) is 12.1 Å². The standard InChI is InChI=1S/C19H26N2O/c1-2-21-15-7-4-3-6-14(15)19-11-13-20-12-5-9-18(22,17(19)20)10-8-16(19)21/h3-4,6-7,16-17,22H,2,5,8-13H2,1H3. The topological polar surface area (TPSA) is 26.7 Å². The summed E-state index contributed by atoms with van der Waals surface area (Å²) in [5, 5.41) is 11.4. The van der Waals surface area contributed by atoms with E-state index in [1.165, 1.54) is 24.2 Å². The molecule has 5 rings (SSSR count). The Morgan fingerprint density at radius 2 is 2.05 bits per heavy atom. The number of fused-ring (bicyclic) bond motifs is 1. The molecule has 4 atom stereocenters. The number of anilines is 1. The van der Waals surface area contributed by atoms with Crippen molar-refractivity contribution in [2.75, 3.05) is 24.5 Å². The van der Waals surface area contributed by atoms with Crippen LogP contribution in [0.3, 0.4) is 0 Å². The van der Waals surface area contributed by atoms with E-state index in [1.54, 1.807) is 0 Å². The van der Waals surface area contributed by atoms with Crippen LogP contribution in [0.25, 0.3) is 0 Å². The zero-order chi connectivity index (χ0) is 14.9. The van der Waals surface area contributed by atoms with Crippen molar-refractivity contribution < 1.29 is 5.11 Å². The lowest BCUT2D eigenvalue weighted by Gasteiger charge is -2.56. The van der Waals surface area contributed by atoms with Crippen molar-refractivity contribution in [3.63, 3.8) is 0 Å². The third-order valence-corrected chi connectivity index (χ3v) is 7.11. The summed E-state index contributed by atoms with van der Waals surface area (Å²) < 4.78 is 0. The van der Waals surface area contributed by atoms with Gasteiger partial charge in [0.05, 0.1) is 11.6 Å². The van der Waals surface area contributed by atoms with E-state index in [1.807, 2.05) is 0 Å². The summed E-state index contributed by atoms with van der Waals surface area (Å²) in [6.45, 7) is 5.70. The van der Waals surface area contributed by atoms with Gasteiger partial charge >= 0.3 is 0 Å². The Hall–Kier alpha value is -1.06. The van der Waals surface area contributed by atoms with Crippen molar-refractivity contribution in [2.24, 2.45) is 0 Å².